The van der Waals surface area contributed by atoms with Crippen LogP contribution in [0, 0.1) is 5.41 Å². The predicted octanol–water partition coefficient (Wildman–Crippen LogP) is 1.37. The maximum absolute atomic E-state index is 12.3. The zero-order valence-electron chi connectivity index (χ0n) is 12.0. The van der Waals surface area contributed by atoms with E-state index in [0.29, 0.717) is 12.1 Å². The molecule has 1 unspecified atom stereocenters. The van der Waals surface area contributed by atoms with Gasteiger partial charge in [-0.2, -0.15) is 0 Å². The van der Waals surface area contributed by atoms with Gasteiger partial charge in [0.1, 0.15) is 0 Å². The SMILES string of the molecule is CNC(=O)c1ccc(NC(=O)C2(C)CCCNC2)cc1. The summed E-state index contributed by atoms with van der Waals surface area (Å²) in [7, 11) is 1.59. The number of hydrogen-bond acceptors (Lipinski definition) is 3. The van der Waals surface area contributed by atoms with E-state index in [2.05, 4.69) is 16.0 Å². The highest BCUT2D eigenvalue weighted by Gasteiger charge is 2.34. The van der Waals surface area contributed by atoms with E-state index < -0.39 is 0 Å². The van der Waals surface area contributed by atoms with Crippen molar-refractivity contribution in [3.63, 3.8) is 0 Å². The Morgan fingerprint density at radius 3 is 2.50 bits per heavy atom. The summed E-state index contributed by atoms with van der Waals surface area (Å²) in [6, 6.07) is 6.91. The number of carbonyl (C=O) groups is 2. The van der Waals surface area contributed by atoms with Crippen molar-refractivity contribution in [1.29, 1.82) is 0 Å². The van der Waals surface area contributed by atoms with E-state index in [1.807, 2.05) is 6.92 Å². The van der Waals surface area contributed by atoms with Crippen LogP contribution in [0.2, 0.25) is 0 Å². The summed E-state index contributed by atoms with van der Waals surface area (Å²) < 4.78 is 0. The topological polar surface area (TPSA) is 70.2 Å². The molecule has 5 heteroatoms. The van der Waals surface area contributed by atoms with Gasteiger partial charge in [0.2, 0.25) is 5.91 Å². The van der Waals surface area contributed by atoms with Gasteiger partial charge in [0.25, 0.3) is 5.91 Å². The predicted molar refractivity (Wildman–Crippen MR) is 78.7 cm³/mol. The number of anilines is 1. The number of nitrogens with one attached hydrogen (secondary N) is 3. The third-order valence-corrected chi connectivity index (χ3v) is 3.78. The average Bonchev–Trinajstić information content (AvgIpc) is 2.48. The normalized spacial score (nSPS) is 22.1. The Hall–Kier alpha value is -1.88. The molecule has 1 heterocycles. The zero-order chi connectivity index (χ0) is 14.6. The van der Waals surface area contributed by atoms with Crippen LogP contribution in [0.15, 0.2) is 24.3 Å². The monoisotopic (exact) mass is 275 g/mol. The van der Waals surface area contributed by atoms with Gasteiger partial charge in [-0.25, -0.2) is 0 Å². The molecular weight excluding hydrogens is 254 g/mol. The average molecular weight is 275 g/mol. The molecule has 0 aromatic heterocycles. The summed E-state index contributed by atoms with van der Waals surface area (Å²) in [6.07, 6.45) is 1.90. The lowest BCUT2D eigenvalue weighted by Gasteiger charge is -2.32. The fraction of sp³-hybridized carbons (Fsp3) is 0.467. The van der Waals surface area contributed by atoms with Crippen molar-refractivity contribution >= 4 is 17.5 Å². The fourth-order valence-corrected chi connectivity index (χ4v) is 2.38. The summed E-state index contributed by atoms with van der Waals surface area (Å²) in [6.45, 7) is 3.66. The van der Waals surface area contributed by atoms with Gasteiger partial charge in [-0.05, 0) is 50.6 Å². The molecule has 0 saturated carbocycles. The molecule has 1 fully saturated rings. The molecule has 2 amide bonds. The number of piperidine rings is 1. The molecule has 108 valence electrons. The molecule has 1 saturated heterocycles. The van der Waals surface area contributed by atoms with E-state index >= 15 is 0 Å². The Morgan fingerprint density at radius 1 is 1.25 bits per heavy atom. The second-order valence-electron chi connectivity index (χ2n) is 5.45. The Balaban J connectivity index is 2.02. The van der Waals surface area contributed by atoms with Crippen molar-refractivity contribution in [2.75, 3.05) is 25.5 Å². The maximum atomic E-state index is 12.3. The molecule has 1 aromatic carbocycles. The second-order valence-corrected chi connectivity index (χ2v) is 5.45. The van der Waals surface area contributed by atoms with Crippen molar-refractivity contribution in [2.24, 2.45) is 5.41 Å². The molecule has 1 aliphatic rings. The molecule has 20 heavy (non-hydrogen) atoms. The Labute approximate surface area is 119 Å². The third kappa shape index (κ3) is 3.17. The summed E-state index contributed by atoms with van der Waals surface area (Å²) in [5.74, 6) is -0.108. The lowest BCUT2D eigenvalue weighted by molar-refractivity contribution is -0.125. The number of benzene rings is 1. The molecule has 5 nitrogen and oxygen atoms in total. The fourth-order valence-electron chi connectivity index (χ4n) is 2.38. The van der Waals surface area contributed by atoms with Gasteiger partial charge >= 0.3 is 0 Å². The highest BCUT2D eigenvalue weighted by Crippen LogP contribution is 2.27. The van der Waals surface area contributed by atoms with E-state index in [1.54, 1.807) is 31.3 Å². The van der Waals surface area contributed by atoms with Crippen LogP contribution in [0.4, 0.5) is 5.69 Å². The zero-order valence-corrected chi connectivity index (χ0v) is 12.0. The van der Waals surface area contributed by atoms with E-state index in [1.165, 1.54) is 0 Å². The van der Waals surface area contributed by atoms with Crippen LogP contribution in [0.5, 0.6) is 0 Å². The van der Waals surface area contributed by atoms with Crippen molar-refractivity contribution < 1.29 is 9.59 Å². The van der Waals surface area contributed by atoms with Gasteiger partial charge in [-0.1, -0.05) is 0 Å². The van der Waals surface area contributed by atoms with Gasteiger partial charge < -0.3 is 16.0 Å². The largest absolute Gasteiger partial charge is 0.355 e. The van der Waals surface area contributed by atoms with Crippen LogP contribution in [0.1, 0.15) is 30.1 Å². The number of amides is 2. The summed E-state index contributed by atoms with van der Waals surface area (Å²) in [4.78, 5) is 23.8. The highest BCUT2D eigenvalue weighted by atomic mass is 16.2. The third-order valence-electron chi connectivity index (χ3n) is 3.78. The molecule has 0 spiro atoms. The molecule has 2 rings (SSSR count). The van der Waals surface area contributed by atoms with Gasteiger partial charge in [0, 0.05) is 24.8 Å². The molecule has 3 N–H and O–H groups in total. The van der Waals surface area contributed by atoms with E-state index in [0.717, 1.165) is 25.1 Å². The minimum absolute atomic E-state index is 0.0254. The standard InChI is InChI=1S/C15H21N3O2/c1-15(8-3-9-17-10-15)14(20)18-12-6-4-11(5-7-12)13(19)16-2/h4-7,17H,3,8-10H2,1-2H3,(H,16,19)(H,18,20). The van der Waals surface area contributed by atoms with Gasteiger partial charge in [0.05, 0.1) is 5.41 Å². The van der Waals surface area contributed by atoms with Crippen molar-refractivity contribution in [1.82, 2.24) is 10.6 Å². The summed E-state index contributed by atoms with van der Waals surface area (Å²) >= 11 is 0. The molecule has 1 aromatic rings. The van der Waals surface area contributed by atoms with E-state index in [4.69, 9.17) is 0 Å². The quantitative estimate of drug-likeness (QED) is 0.780. The van der Waals surface area contributed by atoms with Crippen molar-refractivity contribution in [3.8, 4) is 0 Å². The highest BCUT2D eigenvalue weighted by molar-refractivity contribution is 5.97. The first-order chi connectivity index (χ1) is 9.55. The number of hydrogen-bond donors (Lipinski definition) is 3. The van der Waals surface area contributed by atoms with E-state index in [9.17, 15) is 9.59 Å². The van der Waals surface area contributed by atoms with E-state index in [-0.39, 0.29) is 17.2 Å². The molecule has 0 aliphatic carbocycles. The van der Waals surface area contributed by atoms with Gasteiger partial charge in [-0.15, -0.1) is 0 Å². The summed E-state index contributed by atoms with van der Waals surface area (Å²) in [5, 5.41) is 8.75. The summed E-state index contributed by atoms with van der Waals surface area (Å²) in [5.41, 5.74) is 0.933. The minimum atomic E-state index is -0.363. The Morgan fingerprint density at radius 2 is 1.95 bits per heavy atom. The van der Waals surface area contributed by atoms with Crippen molar-refractivity contribution in [2.45, 2.75) is 19.8 Å². The molecular formula is C15H21N3O2. The minimum Gasteiger partial charge on any atom is -0.355 e. The number of rotatable bonds is 3. The molecule has 1 aliphatic heterocycles. The van der Waals surface area contributed by atoms with Gasteiger partial charge in [-0.3, -0.25) is 9.59 Å². The first-order valence-corrected chi connectivity index (χ1v) is 6.89. The van der Waals surface area contributed by atoms with Crippen LogP contribution < -0.4 is 16.0 Å². The van der Waals surface area contributed by atoms with Crippen molar-refractivity contribution in [3.05, 3.63) is 29.8 Å². The molecule has 0 bridgehead atoms. The first kappa shape index (κ1) is 14.5. The first-order valence-electron chi connectivity index (χ1n) is 6.89. The Kier molecular flexibility index (Phi) is 4.39. The number of carbonyl (C=O) groups excluding carboxylic acids is 2. The van der Waals surface area contributed by atoms with Crippen LogP contribution >= 0.6 is 0 Å². The second kappa shape index (κ2) is 6.05. The van der Waals surface area contributed by atoms with Crippen LogP contribution in [0.25, 0.3) is 0 Å². The lowest BCUT2D eigenvalue weighted by Crippen LogP contribution is -2.46. The molecule has 1 atom stereocenters. The smallest absolute Gasteiger partial charge is 0.251 e. The van der Waals surface area contributed by atoms with Crippen LogP contribution in [0.3, 0.4) is 0 Å². The Bertz CT molecular complexity index is 490. The molecule has 0 radical (unpaired) electrons. The maximum Gasteiger partial charge on any atom is 0.251 e. The van der Waals surface area contributed by atoms with Gasteiger partial charge in [0.15, 0.2) is 0 Å². The lowest BCUT2D eigenvalue weighted by atomic mass is 9.82. The van der Waals surface area contributed by atoms with Crippen LogP contribution in [-0.4, -0.2) is 32.0 Å². The van der Waals surface area contributed by atoms with Crippen LogP contribution in [-0.2, 0) is 4.79 Å².